The average molecular weight is 318 g/mol. The molecule has 1 N–H and O–H groups in total. The molecule has 0 spiro atoms. The second-order valence-electron chi connectivity index (χ2n) is 3.86. The summed E-state index contributed by atoms with van der Waals surface area (Å²) in [6.07, 6.45) is -1.14. The van der Waals surface area contributed by atoms with Gasteiger partial charge >= 0.3 is 6.16 Å². The van der Waals surface area contributed by atoms with Gasteiger partial charge in [-0.3, -0.25) is 0 Å². The van der Waals surface area contributed by atoms with Crippen molar-refractivity contribution in [3.63, 3.8) is 0 Å². The molecule has 1 aromatic rings. The van der Waals surface area contributed by atoms with Crippen LogP contribution in [0.25, 0.3) is 0 Å². The molecule has 0 radical (unpaired) electrons. The summed E-state index contributed by atoms with van der Waals surface area (Å²) in [4.78, 5) is 11.9. The van der Waals surface area contributed by atoms with E-state index < -0.39 is 12.3 Å². The number of methoxy groups -OCH3 is 2. The van der Waals surface area contributed by atoms with Gasteiger partial charge in [-0.1, -0.05) is 33.7 Å². The number of aliphatic hydroxyl groups excluding tert-OH is 1. The largest absolute Gasteiger partial charge is 0.508 e. The fourth-order valence-corrected chi connectivity index (χ4v) is 3.39. The third-order valence-electron chi connectivity index (χ3n) is 2.22. The molecular formula is C13H18O5S2. The molecule has 112 valence electrons. The molecule has 0 saturated carbocycles. The lowest BCUT2D eigenvalue weighted by Gasteiger charge is -2.08. The lowest BCUT2D eigenvalue weighted by molar-refractivity contribution is 0.0669. The molecule has 20 heavy (non-hydrogen) atoms. The number of benzene rings is 1. The second kappa shape index (κ2) is 9.93. The molecule has 0 saturated heterocycles. The molecule has 0 bridgehead atoms. The van der Waals surface area contributed by atoms with Gasteiger partial charge in [0.1, 0.15) is 6.61 Å². The second-order valence-corrected chi connectivity index (χ2v) is 6.28. The van der Waals surface area contributed by atoms with E-state index in [4.69, 9.17) is 9.47 Å². The van der Waals surface area contributed by atoms with Crippen LogP contribution in [-0.4, -0.2) is 43.9 Å². The van der Waals surface area contributed by atoms with Crippen LogP contribution >= 0.6 is 21.6 Å². The highest BCUT2D eigenvalue weighted by atomic mass is 33.1. The monoisotopic (exact) mass is 318 g/mol. The van der Waals surface area contributed by atoms with Gasteiger partial charge in [-0.2, -0.15) is 0 Å². The van der Waals surface area contributed by atoms with Crippen LogP contribution in [0.2, 0.25) is 0 Å². The van der Waals surface area contributed by atoms with Gasteiger partial charge in [0.25, 0.3) is 0 Å². The summed E-state index contributed by atoms with van der Waals surface area (Å²) in [6.45, 7) is 0.536. The number of carbonyl (C=O) groups excluding carboxylic acids is 1. The van der Waals surface area contributed by atoms with Crippen LogP contribution in [0, 0.1) is 0 Å². The third kappa shape index (κ3) is 7.04. The molecule has 5 nitrogen and oxygen atoms in total. The first-order valence-corrected chi connectivity index (χ1v) is 8.23. The van der Waals surface area contributed by atoms with E-state index in [1.807, 2.05) is 24.3 Å². The first-order chi connectivity index (χ1) is 9.65. The van der Waals surface area contributed by atoms with Crippen LogP contribution in [0.15, 0.2) is 29.2 Å². The molecule has 1 aromatic carbocycles. The summed E-state index contributed by atoms with van der Waals surface area (Å²) in [5.74, 6) is 0.603. The fourth-order valence-electron chi connectivity index (χ4n) is 1.26. The van der Waals surface area contributed by atoms with Crippen LogP contribution in [-0.2, 0) is 20.8 Å². The van der Waals surface area contributed by atoms with Crippen LogP contribution in [0.3, 0.4) is 0 Å². The predicted octanol–water partition coefficient (Wildman–Crippen LogP) is 2.72. The van der Waals surface area contributed by atoms with Crippen molar-refractivity contribution in [2.75, 3.05) is 26.6 Å². The SMILES string of the molecule is COCC(O)CSSc1ccc(COC(=O)OC)cc1. The van der Waals surface area contributed by atoms with E-state index in [2.05, 4.69) is 4.74 Å². The Morgan fingerprint density at radius 1 is 1.30 bits per heavy atom. The molecule has 1 atom stereocenters. The van der Waals surface area contributed by atoms with Crippen molar-refractivity contribution < 1.29 is 24.1 Å². The van der Waals surface area contributed by atoms with Gasteiger partial charge in [0.2, 0.25) is 0 Å². The third-order valence-corrected chi connectivity index (χ3v) is 4.66. The van der Waals surface area contributed by atoms with Gasteiger partial charge in [-0.25, -0.2) is 4.79 Å². The van der Waals surface area contributed by atoms with Crippen molar-refractivity contribution in [1.82, 2.24) is 0 Å². The number of rotatable bonds is 8. The summed E-state index contributed by atoms with van der Waals surface area (Å²) in [5, 5.41) is 9.50. The van der Waals surface area contributed by atoms with Crippen LogP contribution < -0.4 is 0 Å². The van der Waals surface area contributed by atoms with E-state index in [9.17, 15) is 9.90 Å². The summed E-state index contributed by atoms with van der Waals surface area (Å²) in [5.41, 5.74) is 0.893. The standard InChI is InChI=1S/C13H18O5S2/c1-16-8-11(14)9-19-20-12-5-3-10(4-6-12)7-18-13(15)17-2/h3-6,11,14H,7-9H2,1-2H3. The smallest absolute Gasteiger partial charge is 0.438 e. The highest BCUT2D eigenvalue weighted by Crippen LogP contribution is 2.31. The van der Waals surface area contributed by atoms with Gasteiger partial charge < -0.3 is 19.3 Å². The van der Waals surface area contributed by atoms with Gasteiger partial charge in [-0.15, -0.1) is 0 Å². The van der Waals surface area contributed by atoms with E-state index in [0.29, 0.717) is 12.4 Å². The normalized spacial score (nSPS) is 11.9. The molecule has 0 aliphatic heterocycles. The lowest BCUT2D eigenvalue weighted by atomic mass is 10.2. The van der Waals surface area contributed by atoms with Crippen molar-refractivity contribution in [3.05, 3.63) is 29.8 Å². The Hall–Kier alpha value is -0.890. The molecule has 0 aromatic heterocycles. The van der Waals surface area contributed by atoms with Crippen LogP contribution in [0.4, 0.5) is 4.79 Å². The minimum absolute atomic E-state index is 0.192. The van der Waals surface area contributed by atoms with Gasteiger partial charge in [-0.05, 0) is 17.7 Å². The topological polar surface area (TPSA) is 65.0 Å². The maximum Gasteiger partial charge on any atom is 0.508 e. The Labute approximate surface area is 126 Å². The Balaban J connectivity index is 2.29. The molecule has 1 unspecified atom stereocenters. The zero-order chi connectivity index (χ0) is 14.8. The van der Waals surface area contributed by atoms with Crippen molar-refractivity contribution in [2.45, 2.75) is 17.6 Å². The molecule has 7 heteroatoms. The first kappa shape index (κ1) is 17.2. The van der Waals surface area contributed by atoms with E-state index in [1.54, 1.807) is 28.7 Å². The lowest BCUT2D eigenvalue weighted by Crippen LogP contribution is -2.15. The maximum atomic E-state index is 10.8. The Bertz CT molecular complexity index is 396. The zero-order valence-corrected chi connectivity index (χ0v) is 13.0. The fraction of sp³-hybridized carbons (Fsp3) is 0.462. The van der Waals surface area contributed by atoms with E-state index >= 15 is 0 Å². The molecule has 0 fully saturated rings. The molecule has 0 amide bonds. The van der Waals surface area contributed by atoms with Crippen molar-refractivity contribution in [3.8, 4) is 0 Å². The molecule has 0 aliphatic rings. The highest BCUT2D eigenvalue weighted by Gasteiger charge is 2.05. The summed E-state index contributed by atoms with van der Waals surface area (Å²) < 4.78 is 14.1. The predicted molar refractivity (Wildman–Crippen MR) is 79.8 cm³/mol. The number of aliphatic hydroxyl groups is 1. The Morgan fingerprint density at radius 3 is 2.60 bits per heavy atom. The van der Waals surface area contributed by atoms with Crippen molar-refractivity contribution >= 4 is 27.7 Å². The quantitative estimate of drug-likeness (QED) is 0.584. The van der Waals surface area contributed by atoms with E-state index in [0.717, 1.165) is 10.5 Å². The summed E-state index contributed by atoms with van der Waals surface area (Å²) in [6, 6.07) is 7.65. The molecule has 0 aliphatic carbocycles. The number of hydrogen-bond acceptors (Lipinski definition) is 7. The first-order valence-electron chi connectivity index (χ1n) is 5.92. The van der Waals surface area contributed by atoms with Crippen LogP contribution in [0.1, 0.15) is 5.56 Å². The van der Waals surface area contributed by atoms with Gasteiger partial charge in [0.15, 0.2) is 0 Å². The van der Waals surface area contributed by atoms with Crippen LogP contribution in [0.5, 0.6) is 0 Å². The van der Waals surface area contributed by atoms with E-state index in [-0.39, 0.29) is 6.61 Å². The average Bonchev–Trinajstić information content (AvgIpc) is 2.46. The summed E-state index contributed by atoms with van der Waals surface area (Å²) >= 11 is 0. The van der Waals surface area contributed by atoms with Crippen molar-refractivity contribution in [1.29, 1.82) is 0 Å². The highest BCUT2D eigenvalue weighted by molar-refractivity contribution is 8.76. The Morgan fingerprint density at radius 2 is 2.00 bits per heavy atom. The molecule has 1 rings (SSSR count). The summed E-state index contributed by atoms with van der Waals surface area (Å²) in [7, 11) is 5.99. The van der Waals surface area contributed by atoms with Gasteiger partial charge in [0, 0.05) is 17.8 Å². The molecule has 0 heterocycles. The minimum atomic E-state index is -0.689. The van der Waals surface area contributed by atoms with Crippen molar-refractivity contribution in [2.24, 2.45) is 0 Å². The van der Waals surface area contributed by atoms with Gasteiger partial charge in [0.05, 0.1) is 19.8 Å². The number of carbonyl (C=O) groups is 1. The molecular weight excluding hydrogens is 300 g/mol. The minimum Gasteiger partial charge on any atom is -0.438 e. The Kier molecular flexibility index (Phi) is 8.52. The van der Waals surface area contributed by atoms with E-state index in [1.165, 1.54) is 7.11 Å². The number of hydrogen-bond donors (Lipinski definition) is 1. The maximum absolute atomic E-state index is 10.8. The zero-order valence-electron chi connectivity index (χ0n) is 11.4. The number of ether oxygens (including phenoxy) is 3.